The Kier molecular flexibility index (Phi) is 2.62. The van der Waals surface area contributed by atoms with Gasteiger partial charge in [0.05, 0.1) is 0 Å². The Labute approximate surface area is 89.1 Å². The van der Waals surface area contributed by atoms with E-state index >= 15 is 0 Å². The average Bonchev–Trinajstić information content (AvgIpc) is 2.63. The number of carbonyl (C=O) groups is 1. The summed E-state index contributed by atoms with van der Waals surface area (Å²) in [6, 6.07) is 5.64. The molecule has 0 spiro atoms. The number of nitrogens with one attached hydrogen (secondary N) is 1. The summed E-state index contributed by atoms with van der Waals surface area (Å²) in [5.41, 5.74) is 3.42. The summed E-state index contributed by atoms with van der Waals surface area (Å²) >= 11 is 0. The van der Waals surface area contributed by atoms with Gasteiger partial charge in [0, 0.05) is 12.1 Å². The number of rotatable bonds is 3. The molecule has 15 heavy (non-hydrogen) atoms. The molecule has 0 aliphatic carbocycles. The van der Waals surface area contributed by atoms with Crippen LogP contribution in [-0.2, 0) is 17.6 Å². The van der Waals surface area contributed by atoms with Crippen molar-refractivity contribution in [1.29, 1.82) is 0 Å². The van der Waals surface area contributed by atoms with E-state index in [1.807, 2.05) is 12.1 Å². The Hall–Kier alpha value is -1.51. The van der Waals surface area contributed by atoms with E-state index in [0.29, 0.717) is 6.42 Å². The number of anilines is 1. The van der Waals surface area contributed by atoms with Gasteiger partial charge < -0.3 is 10.4 Å². The van der Waals surface area contributed by atoms with Gasteiger partial charge in [0.2, 0.25) is 0 Å². The van der Waals surface area contributed by atoms with E-state index in [1.54, 1.807) is 0 Å². The maximum atomic E-state index is 10.9. The molecule has 1 atom stereocenters. The van der Waals surface area contributed by atoms with Crippen LogP contribution in [0.15, 0.2) is 18.2 Å². The second kappa shape index (κ2) is 3.93. The van der Waals surface area contributed by atoms with Crippen LogP contribution in [0.1, 0.15) is 24.5 Å². The number of carboxylic acids is 1. The minimum absolute atomic E-state index is 0.446. The lowest BCUT2D eigenvalue weighted by atomic mass is 10.0. The topological polar surface area (TPSA) is 49.3 Å². The van der Waals surface area contributed by atoms with Crippen molar-refractivity contribution >= 4 is 11.7 Å². The van der Waals surface area contributed by atoms with Crippen molar-refractivity contribution in [2.24, 2.45) is 0 Å². The maximum Gasteiger partial charge on any atom is 0.326 e. The quantitative estimate of drug-likeness (QED) is 0.794. The molecule has 1 aliphatic heterocycles. The fourth-order valence-electron chi connectivity index (χ4n) is 2.08. The molecule has 2 rings (SSSR count). The average molecular weight is 205 g/mol. The van der Waals surface area contributed by atoms with Crippen LogP contribution in [0.25, 0.3) is 0 Å². The normalized spacial score (nSPS) is 18.3. The number of benzene rings is 1. The van der Waals surface area contributed by atoms with Crippen LogP contribution in [0, 0.1) is 0 Å². The number of aliphatic carboxylic acids is 1. The molecule has 3 heteroatoms. The standard InChI is InChI=1S/C12H15NO2/c1-2-4-8-5-3-6-9-7-10(12(14)15)13-11(8)9/h3,5-6,10,13H,2,4,7H2,1H3,(H,14,15). The second-order valence-corrected chi connectivity index (χ2v) is 3.94. The Balaban J connectivity index is 2.28. The van der Waals surface area contributed by atoms with E-state index in [4.69, 9.17) is 5.11 Å². The molecule has 0 fully saturated rings. The highest BCUT2D eigenvalue weighted by molar-refractivity contribution is 5.82. The Morgan fingerprint density at radius 3 is 3.07 bits per heavy atom. The smallest absolute Gasteiger partial charge is 0.326 e. The molecule has 0 amide bonds. The molecule has 2 N–H and O–H groups in total. The number of aryl methyl sites for hydroxylation is 1. The van der Waals surface area contributed by atoms with Gasteiger partial charge in [-0.05, 0) is 17.5 Å². The fraction of sp³-hybridized carbons (Fsp3) is 0.417. The summed E-state index contributed by atoms with van der Waals surface area (Å²) in [5.74, 6) is -0.770. The summed E-state index contributed by atoms with van der Waals surface area (Å²) in [5, 5.41) is 12.0. The third-order valence-electron chi connectivity index (χ3n) is 2.80. The van der Waals surface area contributed by atoms with Gasteiger partial charge in [-0.25, -0.2) is 4.79 Å². The molecule has 0 radical (unpaired) electrons. The zero-order valence-corrected chi connectivity index (χ0v) is 8.79. The Morgan fingerprint density at radius 2 is 2.40 bits per heavy atom. The summed E-state index contributed by atoms with van der Waals surface area (Å²) in [4.78, 5) is 10.9. The van der Waals surface area contributed by atoms with E-state index in [2.05, 4.69) is 18.3 Å². The van der Waals surface area contributed by atoms with Crippen LogP contribution in [0.5, 0.6) is 0 Å². The minimum atomic E-state index is -0.770. The van der Waals surface area contributed by atoms with Crippen LogP contribution in [0.4, 0.5) is 5.69 Å². The third-order valence-corrected chi connectivity index (χ3v) is 2.80. The maximum absolute atomic E-state index is 10.9. The number of carboxylic acid groups (broad SMARTS) is 1. The fourth-order valence-corrected chi connectivity index (χ4v) is 2.08. The Bertz CT molecular complexity index is 387. The van der Waals surface area contributed by atoms with E-state index in [0.717, 1.165) is 24.1 Å². The lowest BCUT2D eigenvalue weighted by molar-refractivity contribution is -0.137. The van der Waals surface area contributed by atoms with Crippen molar-refractivity contribution in [3.63, 3.8) is 0 Å². The second-order valence-electron chi connectivity index (χ2n) is 3.94. The van der Waals surface area contributed by atoms with Crippen molar-refractivity contribution in [1.82, 2.24) is 0 Å². The first-order valence-electron chi connectivity index (χ1n) is 5.32. The predicted octanol–water partition coefficient (Wildman–Crippen LogP) is 2.06. The zero-order valence-electron chi connectivity index (χ0n) is 8.79. The van der Waals surface area contributed by atoms with Gasteiger partial charge >= 0.3 is 5.97 Å². The van der Waals surface area contributed by atoms with Gasteiger partial charge in [0.1, 0.15) is 6.04 Å². The molecule has 1 aliphatic rings. The lowest BCUT2D eigenvalue weighted by Crippen LogP contribution is -2.26. The van der Waals surface area contributed by atoms with Crippen LogP contribution in [0.2, 0.25) is 0 Å². The first-order valence-corrected chi connectivity index (χ1v) is 5.32. The van der Waals surface area contributed by atoms with Crippen LogP contribution in [-0.4, -0.2) is 17.1 Å². The lowest BCUT2D eigenvalue weighted by Gasteiger charge is -2.08. The van der Waals surface area contributed by atoms with Crippen molar-refractivity contribution in [3.05, 3.63) is 29.3 Å². The molecule has 0 aromatic heterocycles. The Morgan fingerprint density at radius 1 is 1.60 bits per heavy atom. The van der Waals surface area contributed by atoms with Crippen molar-refractivity contribution < 1.29 is 9.90 Å². The SMILES string of the molecule is CCCc1cccc2c1NC(C(=O)O)C2. The molecular weight excluding hydrogens is 190 g/mol. The first kappa shape index (κ1) is 10.0. The van der Waals surface area contributed by atoms with Crippen LogP contribution < -0.4 is 5.32 Å². The van der Waals surface area contributed by atoms with Crippen molar-refractivity contribution in [2.75, 3.05) is 5.32 Å². The molecule has 80 valence electrons. The number of fused-ring (bicyclic) bond motifs is 1. The van der Waals surface area contributed by atoms with E-state index in [-0.39, 0.29) is 0 Å². The monoisotopic (exact) mass is 205 g/mol. The molecule has 1 heterocycles. The number of hydrogen-bond acceptors (Lipinski definition) is 2. The summed E-state index contributed by atoms with van der Waals surface area (Å²) in [6.45, 7) is 2.13. The highest BCUT2D eigenvalue weighted by Gasteiger charge is 2.27. The van der Waals surface area contributed by atoms with Gasteiger partial charge in [-0.15, -0.1) is 0 Å². The van der Waals surface area contributed by atoms with Crippen molar-refractivity contribution in [3.8, 4) is 0 Å². The van der Waals surface area contributed by atoms with E-state index in [1.165, 1.54) is 5.56 Å². The molecule has 3 nitrogen and oxygen atoms in total. The van der Waals surface area contributed by atoms with Gasteiger partial charge in [-0.3, -0.25) is 0 Å². The largest absolute Gasteiger partial charge is 0.480 e. The summed E-state index contributed by atoms with van der Waals surface area (Å²) < 4.78 is 0. The molecule has 0 saturated heterocycles. The molecule has 1 aromatic carbocycles. The molecule has 1 aromatic rings. The highest BCUT2D eigenvalue weighted by Crippen LogP contribution is 2.30. The number of para-hydroxylation sites is 1. The van der Waals surface area contributed by atoms with Crippen LogP contribution >= 0.6 is 0 Å². The van der Waals surface area contributed by atoms with E-state index in [9.17, 15) is 4.79 Å². The van der Waals surface area contributed by atoms with Gasteiger partial charge in [-0.1, -0.05) is 31.5 Å². The number of hydrogen-bond donors (Lipinski definition) is 2. The zero-order chi connectivity index (χ0) is 10.8. The molecular formula is C12H15NO2. The first-order chi connectivity index (χ1) is 7.22. The predicted molar refractivity (Wildman–Crippen MR) is 59.2 cm³/mol. The summed E-state index contributed by atoms with van der Waals surface area (Å²) in [7, 11) is 0. The van der Waals surface area contributed by atoms with E-state index < -0.39 is 12.0 Å². The van der Waals surface area contributed by atoms with Crippen LogP contribution in [0.3, 0.4) is 0 Å². The summed E-state index contributed by atoms with van der Waals surface area (Å²) in [6.07, 6.45) is 2.68. The van der Waals surface area contributed by atoms with Gasteiger partial charge in [-0.2, -0.15) is 0 Å². The molecule has 0 bridgehead atoms. The van der Waals surface area contributed by atoms with Gasteiger partial charge in [0.25, 0.3) is 0 Å². The van der Waals surface area contributed by atoms with Crippen molar-refractivity contribution in [2.45, 2.75) is 32.2 Å². The molecule has 1 unspecified atom stereocenters. The minimum Gasteiger partial charge on any atom is -0.480 e. The molecule has 0 saturated carbocycles. The highest BCUT2D eigenvalue weighted by atomic mass is 16.4. The van der Waals surface area contributed by atoms with Gasteiger partial charge in [0.15, 0.2) is 0 Å². The third kappa shape index (κ3) is 1.82.